The van der Waals surface area contributed by atoms with E-state index in [1.807, 2.05) is 0 Å². The van der Waals surface area contributed by atoms with Crippen LogP contribution in [0, 0.1) is 0 Å². The highest BCUT2D eigenvalue weighted by Gasteiger charge is 2.34. The zero-order valence-electron chi connectivity index (χ0n) is 13.6. The van der Waals surface area contributed by atoms with E-state index in [-0.39, 0.29) is 18.0 Å². The Balaban J connectivity index is 1.76. The Morgan fingerprint density at radius 2 is 2.04 bits per heavy atom. The highest BCUT2D eigenvalue weighted by Crippen LogP contribution is 2.37. The van der Waals surface area contributed by atoms with Crippen molar-refractivity contribution in [2.45, 2.75) is 37.6 Å². The molecule has 3 rings (SSSR count). The SMILES string of the molecule is O=C(NCc1cccc(C(F)(F)F)c1Cl)C1CCC(O)c2ncccc21. The summed E-state index contributed by atoms with van der Waals surface area (Å²) in [6, 6.07) is 7.01. The van der Waals surface area contributed by atoms with E-state index in [2.05, 4.69) is 10.3 Å². The molecule has 0 spiro atoms. The summed E-state index contributed by atoms with van der Waals surface area (Å²) in [5.41, 5.74) is 0.369. The van der Waals surface area contributed by atoms with Gasteiger partial charge in [0, 0.05) is 12.7 Å². The number of nitrogens with one attached hydrogen (secondary N) is 1. The molecule has 138 valence electrons. The third-order valence-electron chi connectivity index (χ3n) is 4.44. The van der Waals surface area contributed by atoms with Crippen LogP contribution in [-0.2, 0) is 17.5 Å². The van der Waals surface area contributed by atoms with Crippen molar-refractivity contribution < 1.29 is 23.1 Å². The molecule has 4 nitrogen and oxygen atoms in total. The Bertz CT molecular complexity index is 826. The maximum absolute atomic E-state index is 12.9. The number of carbonyl (C=O) groups is 1. The summed E-state index contributed by atoms with van der Waals surface area (Å²) in [6.07, 6.45) is -2.89. The number of benzene rings is 1. The van der Waals surface area contributed by atoms with Crippen LogP contribution in [0.25, 0.3) is 0 Å². The lowest BCUT2D eigenvalue weighted by atomic mass is 9.83. The van der Waals surface area contributed by atoms with Gasteiger partial charge in [-0.25, -0.2) is 0 Å². The number of aliphatic hydroxyl groups excluding tert-OH is 1. The molecule has 26 heavy (non-hydrogen) atoms. The van der Waals surface area contributed by atoms with E-state index in [0.29, 0.717) is 24.1 Å². The molecule has 0 aliphatic heterocycles. The summed E-state index contributed by atoms with van der Waals surface area (Å²) in [5.74, 6) is -0.841. The van der Waals surface area contributed by atoms with Crippen LogP contribution in [0.3, 0.4) is 0 Å². The number of aliphatic hydroxyl groups is 1. The average Bonchev–Trinajstić information content (AvgIpc) is 2.60. The van der Waals surface area contributed by atoms with E-state index < -0.39 is 28.8 Å². The molecular weight excluding hydrogens is 369 g/mol. The average molecular weight is 385 g/mol. The van der Waals surface area contributed by atoms with Gasteiger partial charge in [0.25, 0.3) is 0 Å². The van der Waals surface area contributed by atoms with Gasteiger partial charge in [-0.1, -0.05) is 29.8 Å². The van der Waals surface area contributed by atoms with Crippen molar-refractivity contribution in [2.24, 2.45) is 0 Å². The lowest BCUT2D eigenvalue weighted by Gasteiger charge is -2.27. The topological polar surface area (TPSA) is 62.2 Å². The number of rotatable bonds is 3. The van der Waals surface area contributed by atoms with Crippen LogP contribution < -0.4 is 5.32 Å². The van der Waals surface area contributed by atoms with E-state index in [1.165, 1.54) is 12.1 Å². The maximum atomic E-state index is 12.9. The number of hydrogen-bond acceptors (Lipinski definition) is 3. The Labute approximate surface area is 153 Å². The number of fused-ring (bicyclic) bond motifs is 1. The number of nitrogens with zero attached hydrogens (tertiary/aromatic N) is 1. The van der Waals surface area contributed by atoms with Gasteiger partial charge in [0.05, 0.1) is 28.3 Å². The van der Waals surface area contributed by atoms with E-state index >= 15 is 0 Å². The van der Waals surface area contributed by atoms with Crippen molar-refractivity contribution in [1.29, 1.82) is 0 Å². The first-order valence-electron chi connectivity index (χ1n) is 8.04. The molecule has 1 heterocycles. The minimum Gasteiger partial charge on any atom is -0.387 e. The third kappa shape index (κ3) is 3.68. The van der Waals surface area contributed by atoms with Crippen LogP contribution in [0.1, 0.15) is 47.2 Å². The van der Waals surface area contributed by atoms with Crippen molar-refractivity contribution in [3.05, 3.63) is 63.9 Å². The molecule has 8 heteroatoms. The number of alkyl halides is 3. The van der Waals surface area contributed by atoms with Gasteiger partial charge in [-0.3, -0.25) is 9.78 Å². The van der Waals surface area contributed by atoms with Gasteiger partial charge in [-0.05, 0) is 36.1 Å². The minimum atomic E-state index is -4.55. The zero-order chi connectivity index (χ0) is 18.9. The van der Waals surface area contributed by atoms with Crippen LogP contribution in [-0.4, -0.2) is 16.0 Å². The normalized spacial score (nSPS) is 19.7. The number of amides is 1. The van der Waals surface area contributed by atoms with Gasteiger partial charge in [0.2, 0.25) is 5.91 Å². The zero-order valence-corrected chi connectivity index (χ0v) is 14.3. The highest BCUT2D eigenvalue weighted by molar-refractivity contribution is 6.32. The number of halogens is 4. The molecule has 1 aromatic heterocycles. The molecule has 2 atom stereocenters. The molecule has 0 fully saturated rings. The molecule has 1 aliphatic rings. The van der Waals surface area contributed by atoms with Gasteiger partial charge in [0.1, 0.15) is 0 Å². The first-order valence-corrected chi connectivity index (χ1v) is 8.42. The van der Waals surface area contributed by atoms with Crippen LogP contribution in [0.4, 0.5) is 13.2 Å². The molecule has 0 radical (unpaired) electrons. The molecular formula is C18H16ClF3N2O2. The molecule has 2 N–H and O–H groups in total. The molecule has 0 bridgehead atoms. The van der Waals surface area contributed by atoms with Crippen molar-refractivity contribution in [3.8, 4) is 0 Å². The van der Waals surface area contributed by atoms with E-state index in [9.17, 15) is 23.1 Å². The number of hydrogen-bond donors (Lipinski definition) is 2. The predicted molar refractivity (Wildman–Crippen MR) is 89.5 cm³/mol. The number of pyridine rings is 1. The first kappa shape index (κ1) is 18.7. The fraction of sp³-hybridized carbons (Fsp3) is 0.333. The molecule has 0 saturated carbocycles. The molecule has 2 unspecified atom stereocenters. The van der Waals surface area contributed by atoms with Crippen LogP contribution in [0.15, 0.2) is 36.5 Å². The number of carbonyl (C=O) groups excluding carboxylic acids is 1. The van der Waals surface area contributed by atoms with Gasteiger partial charge >= 0.3 is 6.18 Å². The van der Waals surface area contributed by atoms with Gasteiger partial charge in [-0.15, -0.1) is 0 Å². The molecule has 1 aromatic carbocycles. The fourth-order valence-corrected chi connectivity index (χ4v) is 3.43. The van der Waals surface area contributed by atoms with Crippen LogP contribution >= 0.6 is 11.6 Å². The van der Waals surface area contributed by atoms with Crippen molar-refractivity contribution in [3.63, 3.8) is 0 Å². The molecule has 0 saturated heterocycles. The second-order valence-electron chi connectivity index (χ2n) is 6.12. The quantitative estimate of drug-likeness (QED) is 0.841. The summed E-state index contributed by atoms with van der Waals surface area (Å²) in [4.78, 5) is 16.7. The molecule has 1 aliphatic carbocycles. The minimum absolute atomic E-state index is 0.115. The van der Waals surface area contributed by atoms with E-state index in [1.54, 1.807) is 18.3 Å². The predicted octanol–water partition coefficient (Wildman–Crippen LogP) is 3.98. The van der Waals surface area contributed by atoms with Gasteiger partial charge in [0.15, 0.2) is 0 Å². The maximum Gasteiger partial charge on any atom is 0.417 e. The summed E-state index contributed by atoms with van der Waals surface area (Å²) < 4.78 is 38.8. The summed E-state index contributed by atoms with van der Waals surface area (Å²) in [7, 11) is 0. The Morgan fingerprint density at radius 3 is 2.77 bits per heavy atom. The fourth-order valence-electron chi connectivity index (χ4n) is 3.13. The van der Waals surface area contributed by atoms with Crippen LogP contribution in [0.2, 0.25) is 5.02 Å². The monoisotopic (exact) mass is 384 g/mol. The number of aromatic nitrogens is 1. The highest BCUT2D eigenvalue weighted by atomic mass is 35.5. The van der Waals surface area contributed by atoms with E-state index in [4.69, 9.17) is 11.6 Å². The van der Waals surface area contributed by atoms with E-state index in [0.717, 1.165) is 6.07 Å². The summed E-state index contributed by atoms with van der Waals surface area (Å²) in [5, 5.41) is 12.2. The van der Waals surface area contributed by atoms with Crippen molar-refractivity contribution >= 4 is 17.5 Å². The molecule has 2 aromatic rings. The largest absolute Gasteiger partial charge is 0.417 e. The lowest BCUT2D eigenvalue weighted by molar-refractivity contribution is -0.137. The third-order valence-corrected chi connectivity index (χ3v) is 4.89. The lowest BCUT2D eigenvalue weighted by Crippen LogP contribution is -2.32. The molecule has 1 amide bonds. The van der Waals surface area contributed by atoms with Crippen LogP contribution in [0.5, 0.6) is 0 Å². The van der Waals surface area contributed by atoms with Gasteiger partial charge in [-0.2, -0.15) is 13.2 Å². The smallest absolute Gasteiger partial charge is 0.387 e. The van der Waals surface area contributed by atoms with Crippen molar-refractivity contribution in [1.82, 2.24) is 10.3 Å². The Hall–Kier alpha value is -2.12. The first-order chi connectivity index (χ1) is 12.3. The summed E-state index contributed by atoms with van der Waals surface area (Å²) in [6.45, 7) is -0.115. The second kappa shape index (κ2) is 7.25. The Morgan fingerprint density at radius 1 is 1.27 bits per heavy atom. The van der Waals surface area contributed by atoms with Crippen molar-refractivity contribution in [2.75, 3.05) is 0 Å². The standard InChI is InChI=1S/C18H16ClF3N2O2/c19-15-10(3-1-5-13(15)18(20,21)22)9-24-17(26)12-6-7-14(25)16-11(12)4-2-8-23-16/h1-5,8,12,14,25H,6-7,9H2,(H,24,26). The summed E-state index contributed by atoms with van der Waals surface area (Å²) >= 11 is 5.85. The second-order valence-corrected chi connectivity index (χ2v) is 6.50. The van der Waals surface area contributed by atoms with Gasteiger partial charge < -0.3 is 10.4 Å². The Kier molecular flexibility index (Phi) is 5.20.